The lowest BCUT2D eigenvalue weighted by atomic mass is 10.1. The summed E-state index contributed by atoms with van der Waals surface area (Å²) in [6, 6.07) is 8.18. The average molecular weight is 283 g/mol. The zero-order valence-electron chi connectivity index (χ0n) is 12.1. The van der Waals surface area contributed by atoms with Gasteiger partial charge in [0, 0.05) is 28.3 Å². The van der Waals surface area contributed by atoms with Gasteiger partial charge in [-0.15, -0.1) is 0 Å². The van der Waals surface area contributed by atoms with Gasteiger partial charge < -0.3 is 10.1 Å². The summed E-state index contributed by atoms with van der Waals surface area (Å²) >= 11 is 0. The SMILES string of the molecule is CCCCS(=O)CC(NC)c1ccc(OCC)cc1. The largest absolute Gasteiger partial charge is 0.494 e. The normalized spacial score (nSPS) is 14.1. The quantitative estimate of drug-likeness (QED) is 0.757. The Bertz CT molecular complexity index is 378. The van der Waals surface area contributed by atoms with Gasteiger partial charge in [-0.3, -0.25) is 4.21 Å². The molecular formula is C15H25NO2S. The molecule has 0 amide bonds. The predicted octanol–water partition coefficient (Wildman–Crippen LogP) is 2.89. The van der Waals surface area contributed by atoms with Gasteiger partial charge in [0.15, 0.2) is 0 Å². The van der Waals surface area contributed by atoms with E-state index in [1.54, 1.807) is 0 Å². The van der Waals surface area contributed by atoms with E-state index in [0.717, 1.165) is 29.9 Å². The Kier molecular flexibility index (Phi) is 7.75. The number of ether oxygens (including phenoxy) is 1. The standard InChI is InChI=1S/C15H25NO2S/c1-4-6-11-19(17)12-15(16-3)13-7-9-14(10-8-13)18-5-2/h7-10,15-16H,4-6,11-12H2,1-3H3. The molecule has 2 unspecified atom stereocenters. The van der Waals surface area contributed by atoms with Crippen molar-refractivity contribution in [2.24, 2.45) is 0 Å². The Hall–Kier alpha value is -0.870. The molecule has 1 rings (SSSR count). The Labute approximate surface area is 119 Å². The van der Waals surface area contributed by atoms with Gasteiger partial charge in [0.05, 0.1) is 6.61 Å². The molecular weight excluding hydrogens is 258 g/mol. The number of nitrogens with one attached hydrogen (secondary N) is 1. The van der Waals surface area contributed by atoms with Crippen molar-refractivity contribution in [2.75, 3.05) is 25.2 Å². The van der Waals surface area contributed by atoms with Crippen LogP contribution in [-0.4, -0.2) is 29.4 Å². The second-order valence-electron chi connectivity index (χ2n) is 4.51. The molecule has 0 aliphatic rings. The van der Waals surface area contributed by atoms with Crippen LogP contribution in [0.1, 0.15) is 38.3 Å². The van der Waals surface area contributed by atoms with Crippen molar-refractivity contribution in [3.8, 4) is 5.75 Å². The van der Waals surface area contributed by atoms with E-state index in [1.807, 2.05) is 38.2 Å². The van der Waals surface area contributed by atoms with Crippen molar-refractivity contribution in [2.45, 2.75) is 32.7 Å². The molecule has 0 radical (unpaired) electrons. The van der Waals surface area contributed by atoms with Gasteiger partial charge in [-0.1, -0.05) is 25.5 Å². The van der Waals surface area contributed by atoms with E-state index in [4.69, 9.17) is 4.74 Å². The Balaban J connectivity index is 2.60. The van der Waals surface area contributed by atoms with Gasteiger partial charge in [-0.05, 0) is 38.1 Å². The predicted molar refractivity (Wildman–Crippen MR) is 82.2 cm³/mol. The van der Waals surface area contributed by atoms with Crippen LogP contribution >= 0.6 is 0 Å². The Morgan fingerprint density at radius 3 is 2.47 bits per heavy atom. The third-order valence-corrected chi connectivity index (χ3v) is 4.47. The molecule has 0 aliphatic carbocycles. The maximum Gasteiger partial charge on any atom is 0.119 e. The summed E-state index contributed by atoms with van der Waals surface area (Å²) in [4.78, 5) is 0. The van der Waals surface area contributed by atoms with Crippen molar-refractivity contribution in [1.82, 2.24) is 5.32 Å². The molecule has 0 bridgehead atoms. The molecule has 0 aromatic heterocycles. The average Bonchev–Trinajstić information content (AvgIpc) is 2.44. The fourth-order valence-corrected chi connectivity index (χ4v) is 3.39. The number of rotatable bonds is 9. The second-order valence-corrected chi connectivity index (χ2v) is 6.13. The van der Waals surface area contributed by atoms with Crippen LogP contribution in [0.2, 0.25) is 0 Å². The van der Waals surface area contributed by atoms with Crippen molar-refractivity contribution in [3.63, 3.8) is 0 Å². The van der Waals surface area contributed by atoms with Crippen molar-refractivity contribution >= 4 is 10.8 Å². The molecule has 0 saturated carbocycles. The summed E-state index contributed by atoms with van der Waals surface area (Å²) < 4.78 is 17.4. The summed E-state index contributed by atoms with van der Waals surface area (Å²) in [7, 11) is 1.16. The fraction of sp³-hybridized carbons (Fsp3) is 0.600. The van der Waals surface area contributed by atoms with E-state index in [2.05, 4.69) is 12.2 Å². The maximum absolute atomic E-state index is 12.0. The first-order valence-electron chi connectivity index (χ1n) is 6.96. The summed E-state index contributed by atoms with van der Waals surface area (Å²) in [6.45, 7) is 4.77. The lowest BCUT2D eigenvalue weighted by Gasteiger charge is -2.16. The highest BCUT2D eigenvalue weighted by Crippen LogP contribution is 2.18. The lowest BCUT2D eigenvalue weighted by Crippen LogP contribution is -2.23. The lowest BCUT2D eigenvalue weighted by molar-refractivity contribution is 0.340. The molecule has 0 spiro atoms. The number of unbranched alkanes of at least 4 members (excludes halogenated alkanes) is 1. The van der Waals surface area contributed by atoms with Crippen LogP contribution in [0, 0.1) is 0 Å². The molecule has 1 aromatic rings. The number of hydrogen-bond acceptors (Lipinski definition) is 3. The van der Waals surface area contributed by atoms with Crippen LogP contribution in [0.4, 0.5) is 0 Å². The Morgan fingerprint density at radius 1 is 1.26 bits per heavy atom. The number of hydrogen-bond donors (Lipinski definition) is 1. The molecule has 1 aromatic carbocycles. The molecule has 3 nitrogen and oxygen atoms in total. The van der Waals surface area contributed by atoms with Gasteiger partial charge in [0.25, 0.3) is 0 Å². The summed E-state index contributed by atoms with van der Waals surface area (Å²) in [5.41, 5.74) is 1.16. The molecule has 2 atom stereocenters. The van der Waals surface area contributed by atoms with E-state index in [1.165, 1.54) is 0 Å². The first-order chi connectivity index (χ1) is 9.21. The fourth-order valence-electron chi connectivity index (χ4n) is 1.88. The molecule has 108 valence electrons. The molecule has 19 heavy (non-hydrogen) atoms. The zero-order chi connectivity index (χ0) is 14.1. The van der Waals surface area contributed by atoms with E-state index in [0.29, 0.717) is 12.4 Å². The highest BCUT2D eigenvalue weighted by Gasteiger charge is 2.13. The van der Waals surface area contributed by atoms with Crippen molar-refractivity contribution in [1.29, 1.82) is 0 Å². The van der Waals surface area contributed by atoms with Crippen LogP contribution in [0.15, 0.2) is 24.3 Å². The minimum Gasteiger partial charge on any atom is -0.494 e. The monoisotopic (exact) mass is 283 g/mol. The maximum atomic E-state index is 12.0. The van der Waals surface area contributed by atoms with Gasteiger partial charge >= 0.3 is 0 Å². The van der Waals surface area contributed by atoms with E-state index in [9.17, 15) is 4.21 Å². The van der Waals surface area contributed by atoms with Crippen molar-refractivity contribution in [3.05, 3.63) is 29.8 Å². The van der Waals surface area contributed by atoms with Gasteiger partial charge in [0.2, 0.25) is 0 Å². The minimum absolute atomic E-state index is 0.147. The molecule has 0 aliphatic heterocycles. The van der Waals surface area contributed by atoms with Crippen molar-refractivity contribution < 1.29 is 8.95 Å². The molecule has 0 saturated heterocycles. The highest BCUT2D eigenvalue weighted by molar-refractivity contribution is 7.85. The first-order valence-corrected chi connectivity index (χ1v) is 8.45. The van der Waals surface area contributed by atoms with E-state index in [-0.39, 0.29) is 6.04 Å². The third kappa shape index (κ3) is 5.74. The first kappa shape index (κ1) is 16.2. The van der Waals surface area contributed by atoms with Crippen LogP contribution in [-0.2, 0) is 10.8 Å². The number of benzene rings is 1. The summed E-state index contributed by atoms with van der Waals surface area (Å²) in [5.74, 6) is 2.35. The summed E-state index contributed by atoms with van der Waals surface area (Å²) in [5, 5.41) is 3.24. The Morgan fingerprint density at radius 2 is 1.95 bits per heavy atom. The molecule has 1 N–H and O–H groups in total. The molecule has 0 heterocycles. The molecule has 0 fully saturated rings. The second kappa shape index (κ2) is 9.10. The highest BCUT2D eigenvalue weighted by atomic mass is 32.2. The van der Waals surface area contributed by atoms with E-state index < -0.39 is 10.8 Å². The minimum atomic E-state index is -0.753. The third-order valence-electron chi connectivity index (χ3n) is 3.02. The van der Waals surface area contributed by atoms with Gasteiger partial charge in [-0.25, -0.2) is 0 Å². The zero-order valence-corrected chi connectivity index (χ0v) is 13.0. The summed E-state index contributed by atoms with van der Waals surface area (Å²) in [6.07, 6.45) is 2.13. The molecule has 4 heteroatoms. The van der Waals surface area contributed by atoms with Gasteiger partial charge in [0.1, 0.15) is 5.75 Å². The van der Waals surface area contributed by atoms with Gasteiger partial charge in [-0.2, -0.15) is 0 Å². The topological polar surface area (TPSA) is 38.3 Å². The smallest absolute Gasteiger partial charge is 0.119 e. The van der Waals surface area contributed by atoms with Crippen LogP contribution in [0.5, 0.6) is 5.75 Å². The van der Waals surface area contributed by atoms with Crippen LogP contribution < -0.4 is 10.1 Å². The van der Waals surface area contributed by atoms with Crippen LogP contribution in [0.25, 0.3) is 0 Å². The van der Waals surface area contributed by atoms with Crippen LogP contribution in [0.3, 0.4) is 0 Å². The van der Waals surface area contributed by atoms with E-state index >= 15 is 0 Å².